The van der Waals surface area contributed by atoms with E-state index < -0.39 is 0 Å². The number of methoxy groups -OCH3 is 2. The first-order valence-corrected chi connectivity index (χ1v) is 8.79. The average molecular weight is 366 g/mol. The molecule has 2 heterocycles. The van der Waals surface area contributed by atoms with Gasteiger partial charge in [0.05, 0.1) is 14.2 Å². The number of nitriles is 1. The number of amides is 1. The lowest BCUT2D eigenvalue weighted by atomic mass is 10.0. The Morgan fingerprint density at radius 2 is 1.93 bits per heavy atom. The second-order valence-corrected chi connectivity index (χ2v) is 6.30. The molecule has 7 nitrogen and oxygen atoms in total. The highest BCUT2D eigenvalue weighted by Gasteiger charge is 2.24. The van der Waals surface area contributed by atoms with E-state index in [-0.39, 0.29) is 11.9 Å². The Bertz CT molecular complexity index is 855. The maximum atomic E-state index is 12.8. The summed E-state index contributed by atoms with van der Waals surface area (Å²) in [6.45, 7) is 1.31. The highest BCUT2D eigenvalue weighted by molar-refractivity contribution is 5.95. The van der Waals surface area contributed by atoms with Gasteiger partial charge in [0.25, 0.3) is 5.91 Å². The molecular formula is C20H22N4O3. The number of rotatable bonds is 5. The number of hydrogen-bond acceptors (Lipinski definition) is 6. The van der Waals surface area contributed by atoms with Gasteiger partial charge in [-0.1, -0.05) is 6.07 Å². The van der Waals surface area contributed by atoms with Crippen LogP contribution in [0.2, 0.25) is 0 Å². The van der Waals surface area contributed by atoms with Crippen LogP contribution in [0.4, 0.5) is 5.82 Å². The molecule has 3 rings (SSSR count). The summed E-state index contributed by atoms with van der Waals surface area (Å²) < 4.78 is 10.5. The van der Waals surface area contributed by atoms with E-state index in [2.05, 4.69) is 10.3 Å². The maximum absolute atomic E-state index is 12.8. The molecular weight excluding hydrogens is 344 g/mol. The predicted octanol–water partition coefficient (Wildman–Crippen LogP) is 2.69. The first-order chi connectivity index (χ1) is 13.1. The zero-order chi connectivity index (χ0) is 19.2. The van der Waals surface area contributed by atoms with Gasteiger partial charge in [0.2, 0.25) is 0 Å². The van der Waals surface area contributed by atoms with Crippen molar-refractivity contribution in [3.63, 3.8) is 0 Å². The van der Waals surface area contributed by atoms with Gasteiger partial charge in [-0.05, 0) is 43.2 Å². The van der Waals surface area contributed by atoms with Crippen LogP contribution in [0, 0.1) is 11.3 Å². The maximum Gasteiger partial charge on any atom is 0.253 e. The number of aromatic nitrogens is 1. The molecule has 140 valence electrons. The Labute approximate surface area is 158 Å². The molecule has 27 heavy (non-hydrogen) atoms. The molecule has 1 aromatic carbocycles. The summed E-state index contributed by atoms with van der Waals surface area (Å²) in [5.74, 6) is 1.82. The Kier molecular flexibility index (Phi) is 5.77. The van der Waals surface area contributed by atoms with Crippen LogP contribution in [0.15, 0.2) is 36.4 Å². The van der Waals surface area contributed by atoms with E-state index >= 15 is 0 Å². The highest BCUT2D eigenvalue weighted by atomic mass is 16.5. The lowest BCUT2D eigenvalue weighted by molar-refractivity contribution is 0.0718. The van der Waals surface area contributed by atoms with Crippen LogP contribution in [-0.4, -0.2) is 49.1 Å². The van der Waals surface area contributed by atoms with Gasteiger partial charge in [0, 0.05) is 24.7 Å². The Balaban J connectivity index is 1.60. The zero-order valence-electron chi connectivity index (χ0n) is 15.4. The lowest BCUT2D eigenvalue weighted by Crippen LogP contribution is -2.42. The number of piperidine rings is 1. The molecule has 0 radical (unpaired) electrons. The van der Waals surface area contributed by atoms with Crippen LogP contribution >= 0.6 is 0 Å². The van der Waals surface area contributed by atoms with Gasteiger partial charge >= 0.3 is 0 Å². The fraction of sp³-hybridized carbons (Fsp3) is 0.350. The van der Waals surface area contributed by atoms with E-state index in [4.69, 9.17) is 14.7 Å². The molecule has 0 aliphatic carbocycles. The number of hydrogen-bond donors (Lipinski definition) is 1. The fourth-order valence-electron chi connectivity index (χ4n) is 3.17. The summed E-state index contributed by atoms with van der Waals surface area (Å²) in [7, 11) is 3.12. The smallest absolute Gasteiger partial charge is 0.253 e. The number of likely N-dealkylation sites (tertiary alicyclic amines) is 1. The van der Waals surface area contributed by atoms with E-state index in [1.54, 1.807) is 38.5 Å². The predicted molar refractivity (Wildman–Crippen MR) is 101 cm³/mol. The Morgan fingerprint density at radius 1 is 1.19 bits per heavy atom. The molecule has 1 N–H and O–H groups in total. The molecule has 1 aliphatic rings. The van der Waals surface area contributed by atoms with Crippen molar-refractivity contribution >= 4 is 11.7 Å². The third kappa shape index (κ3) is 4.29. The minimum atomic E-state index is -0.0148. The van der Waals surface area contributed by atoms with E-state index in [0.717, 1.165) is 12.8 Å². The number of pyridine rings is 1. The average Bonchev–Trinajstić information content (AvgIpc) is 2.73. The molecule has 0 unspecified atom stereocenters. The molecule has 0 bridgehead atoms. The van der Waals surface area contributed by atoms with Crippen molar-refractivity contribution in [1.82, 2.24) is 9.88 Å². The number of ether oxygens (including phenoxy) is 2. The monoisotopic (exact) mass is 366 g/mol. The molecule has 1 aliphatic heterocycles. The Morgan fingerprint density at radius 3 is 2.59 bits per heavy atom. The molecule has 1 amide bonds. The van der Waals surface area contributed by atoms with Crippen LogP contribution in [0.1, 0.15) is 28.9 Å². The Hall–Kier alpha value is -3.27. The van der Waals surface area contributed by atoms with Crippen molar-refractivity contribution < 1.29 is 14.3 Å². The molecule has 1 fully saturated rings. The third-order valence-electron chi connectivity index (χ3n) is 4.63. The van der Waals surface area contributed by atoms with E-state index in [1.165, 1.54) is 0 Å². The quantitative estimate of drug-likeness (QED) is 0.875. The molecule has 1 aromatic heterocycles. The molecule has 0 saturated carbocycles. The van der Waals surface area contributed by atoms with Crippen molar-refractivity contribution in [2.75, 3.05) is 32.6 Å². The number of carbonyl (C=O) groups excluding carboxylic acids is 1. The summed E-state index contributed by atoms with van der Waals surface area (Å²) in [6, 6.07) is 12.8. The molecule has 2 aromatic rings. The standard InChI is InChI=1S/C20H22N4O3/c1-26-17-7-6-14(12-18(17)27-2)20(25)24-10-8-15(9-11-24)22-19-5-3-4-16(13-21)23-19/h3-7,12,15H,8-11H2,1-2H3,(H,22,23). The van der Waals surface area contributed by atoms with Crippen molar-refractivity contribution in [1.29, 1.82) is 5.26 Å². The van der Waals surface area contributed by atoms with Gasteiger partial charge in [-0.15, -0.1) is 0 Å². The largest absolute Gasteiger partial charge is 0.493 e. The first-order valence-electron chi connectivity index (χ1n) is 8.79. The van der Waals surface area contributed by atoms with Gasteiger partial charge < -0.3 is 19.7 Å². The molecule has 0 spiro atoms. The lowest BCUT2D eigenvalue weighted by Gasteiger charge is -2.32. The van der Waals surface area contributed by atoms with Crippen molar-refractivity contribution in [3.8, 4) is 17.6 Å². The number of nitrogens with one attached hydrogen (secondary N) is 1. The summed E-state index contributed by atoms with van der Waals surface area (Å²) in [6.07, 6.45) is 1.63. The van der Waals surface area contributed by atoms with Gasteiger partial charge in [0.1, 0.15) is 17.6 Å². The summed E-state index contributed by atoms with van der Waals surface area (Å²) in [4.78, 5) is 18.9. The SMILES string of the molecule is COc1ccc(C(=O)N2CCC(Nc3cccc(C#N)n3)CC2)cc1OC. The van der Waals surface area contributed by atoms with Gasteiger partial charge in [0.15, 0.2) is 11.5 Å². The van der Waals surface area contributed by atoms with Crippen molar-refractivity contribution in [3.05, 3.63) is 47.7 Å². The topological polar surface area (TPSA) is 87.5 Å². The fourth-order valence-corrected chi connectivity index (χ4v) is 3.17. The van der Waals surface area contributed by atoms with E-state index in [1.807, 2.05) is 23.1 Å². The summed E-state index contributed by atoms with van der Waals surface area (Å²) in [5.41, 5.74) is 0.975. The van der Waals surface area contributed by atoms with Crippen LogP contribution in [0.5, 0.6) is 11.5 Å². The molecule has 0 atom stereocenters. The number of nitrogens with zero attached hydrogens (tertiary/aromatic N) is 3. The van der Waals surface area contributed by atoms with Crippen LogP contribution in [0.3, 0.4) is 0 Å². The van der Waals surface area contributed by atoms with Gasteiger partial charge in [-0.2, -0.15) is 5.26 Å². The number of benzene rings is 1. The van der Waals surface area contributed by atoms with E-state index in [9.17, 15) is 4.79 Å². The van der Waals surface area contributed by atoms with Crippen LogP contribution in [0.25, 0.3) is 0 Å². The van der Waals surface area contributed by atoms with Crippen molar-refractivity contribution in [2.45, 2.75) is 18.9 Å². The van der Waals surface area contributed by atoms with E-state index in [0.29, 0.717) is 41.7 Å². The van der Waals surface area contributed by atoms with Gasteiger partial charge in [-0.3, -0.25) is 4.79 Å². The van der Waals surface area contributed by atoms with Crippen molar-refractivity contribution in [2.24, 2.45) is 0 Å². The third-order valence-corrected chi connectivity index (χ3v) is 4.63. The molecule has 1 saturated heterocycles. The molecule has 7 heteroatoms. The van der Waals surface area contributed by atoms with Crippen LogP contribution in [-0.2, 0) is 0 Å². The summed E-state index contributed by atoms with van der Waals surface area (Å²) >= 11 is 0. The second-order valence-electron chi connectivity index (χ2n) is 6.30. The van der Waals surface area contributed by atoms with Crippen LogP contribution < -0.4 is 14.8 Å². The first kappa shape index (κ1) is 18.5. The van der Waals surface area contributed by atoms with Gasteiger partial charge in [-0.25, -0.2) is 4.98 Å². The highest BCUT2D eigenvalue weighted by Crippen LogP contribution is 2.28. The summed E-state index contributed by atoms with van der Waals surface area (Å²) in [5, 5.41) is 12.3. The minimum absolute atomic E-state index is 0.0148. The number of carbonyl (C=O) groups is 1. The minimum Gasteiger partial charge on any atom is -0.493 e. The normalized spacial score (nSPS) is 14.3. The second kappa shape index (κ2) is 8.41. The zero-order valence-corrected chi connectivity index (χ0v) is 15.4. The number of anilines is 1.